The van der Waals surface area contributed by atoms with E-state index in [1.807, 2.05) is 42.5 Å². The molecule has 0 fully saturated rings. The summed E-state index contributed by atoms with van der Waals surface area (Å²) in [6, 6.07) is 16.6. The highest BCUT2D eigenvalue weighted by atomic mass is 35.5. The minimum absolute atomic E-state index is 0. The zero-order valence-corrected chi connectivity index (χ0v) is 11.3. The summed E-state index contributed by atoms with van der Waals surface area (Å²) >= 11 is 0. The Morgan fingerprint density at radius 3 is 2.21 bits per heavy atom. The fourth-order valence-electron chi connectivity index (χ4n) is 1.64. The largest absolute Gasteiger partial charge is 0.489 e. The number of rotatable bonds is 5. The number of alkyl halides is 1. The van der Waals surface area contributed by atoms with E-state index >= 15 is 0 Å². The van der Waals surface area contributed by atoms with E-state index in [-0.39, 0.29) is 12.4 Å². The molecule has 2 aromatic carbocycles. The lowest BCUT2D eigenvalue weighted by Crippen LogP contribution is -2.11. The molecule has 2 rings (SSSR count). The van der Waals surface area contributed by atoms with Crippen molar-refractivity contribution in [3.63, 3.8) is 0 Å². The van der Waals surface area contributed by atoms with E-state index in [2.05, 4.69) is 0 Å². The molecule has 2 aromatic rings. The first kappa shape index (κ1) is 15.5. The molecule has 0 aromatic heterocycles. The van der Waals surface area contributed by atoms with E-state index in [9.17, 15) is 4.39 Å². The lowest BCUT2D eigenvalue weighted by molar-refractivity contribution is 0.306. The quantitative estimate of drug-likeness (QED) is 0.908. The summed E-state index contributed by atoms with van der Waals surface area (Å²) in [5.74, 6) is 0.758. The molecule has 2 N–H and O–H groups in total. The summed E-state index contributed by atoms with van der Waals surface area (Å²) in [6.07, 6.45) is 0. The Hall–Kier alpha value is -1.58. The van der Waals surface area contributed by atoms with Gasteiger partial charge in [-0.05, 0) is 23.3 Å². The molecule has 0 aliphatic carbocycles. The number of nitrogens with two attached hydrogens (primary N) is 1. The van der Waals surface area contributed by atoms with Crippen molar-refractivity contribution in [2.75, 3.05) is 6.67 Å². The highest BCUT2D eigenvalue weighted by Crippen LogP contribution is 2.17. The van der Waals surface area contributed by atoms with Crippen molar-refractivity contribution in [1.82, 2.24) is 0 Å². The van der Waals surface area contributed by atoms with Crippen molar-refractivity contribution < 1.29 is 9.13 Å². The van der Waals surface area contributed by atoms with Crippen LogP contribution < -0.4 is 10.5 Å². The summed E-state index contributed by atoms with van der Waals surface area (Å²) < 4.78 is 18.0. The minimum atomic E-state index is -0.551. The molecule has 0 saturated heterocycles. The van der Waals surface area contributed by atoms with Crippen molar-refractivity contribution >= 4 is 12.4 Å². The van der Waals surface area contributed by atoms with Gasteiger partial charge >= 0.3 is 0 Å². The van der Waals surface area contributed by atoms with Crippen LogP contribution >= 0.6 is 12.4 Å². The van der Waals surface area contributed by atoms with E-state index in [1.165, 1.54) is 0 Å². The third-order valence-electron chi connectivity index (χ3n) is 2.72. The van der Waals surface area contributed by atoms with Crippen LogP contribution in [-0.2, 0) is 6.61 Å². The van der Waals surface area contributed by atoms with Crippen LogP contribution in [0.25, 0.3) is 0 Å². The Balaban J connectivity index is 0.00000180. The number of ether oxygens (including phenoxy) is 1. The van der Waals surface area contributed by atoms with Crippen LogP contribution in [0.4, 0.5) is 4.39 Å². The van der Waals surface area contributed by atoms with Crippen molar-refractivity contribution in [2.24, 2.45) is 5.73 Å². The van der Waals surface area contributed by atoms with Gasteiger partial charge in [0.25, 0.3) is 0 Å². The Labute approximate surface area is 118 Å². The fraction of sp³-hybridized carbons (Fsp3) is 0.200. The third-order valence-corrected chi connectivity index (χ3v) is 2.72. The van der Waals surface area contributed by atoms with Crippen LogP contribution in [0.5, 0.6) is 5.75 Å². The van der Waals surface area contributed by atoms with E-state index in [4.69, 9.17) is 10.5 Å². The molecule has 0 spiro atoms. The second-order valence-corrected chi connectivity index (χ2v) is 4.10. The molecule has 0 bridgehead atoms. The molecule has 0 unspecified atom stereocenters. The standard InChI is InChI=1S/C15H16FNO.ClH/c16-10-15(17)13-6-8-14(9-7-13)18-11-12-4-2-1-3-5-12;/h1-9,15H,10-11,17H2;1H/t15-;/m1./s1. The highest BCUT2D eigenvalue weighted by molar-refractivity contribution is 5.85. The molecule has 1 atom stereocenters. The maximum Gasteiger partial charge on any atom is 0.119 e. The average Bonchev–Trinajstić information content (AvgIpc) is 2.46. The molecule has 4 heteroatoms. The van der Waals surface area contributed by atoms with Crippen LogP contribution in [0.1, 0.15) is 17.2 Å². The van der Waals surface area contributed by atoms with Crippen LogP contribution in [0.3, 0.4) is 0 Å². The summed E-state index contributed by atoms with van der Waals surface area (Å²) in [5, 5.41) is 0. The molecule has 0 amide bonds. The molecule has 0 aliphatic rings. The van der Waals surface area contributed by atoms with Gasteiger partial charge in [-0.1, -0.05) is 42.5 Å². The van der Waals surface area contributed by atoms with Crippen LogP contribution in [0.2, 0.25) is 0 Å². The van der Waals surface area contributed by atoms with Crippen molar-refractivity contribution in [2.45, 2.75) is 12.6 Å². The minimum Gasteiger partial charge on any atom is -0.489 e. The predicted molar refractivity (Wildman–Crippen MR) is 77.4 cm³/mol. The van der Waals surface area contributed by atoms with E-state index < -0.39 is 12.7 Å². The second kappa shape index (κ2) is 7.77. The Morgan fingerprint density at radius 2 is 1.63 bits per heavy atom. The number of hydrogen-bond donors (Lipinski definition) is 1. The normalized spacial score (nSPS) is 11.5. The summed E-state index contributed by atoms with van der Waals surface area (Å²) in [4.78, 5) is 0. The molecule has 19 heavy (non-hydrogen) atoms. The predicted octanol–water partition coefficient (Wildman–Crippen LogP) is 3.66. The monoisotopic (exact) mass is 281 g/mol. The van der Waals surface area contributed by atoms with Gasteiger partial charge in [-0.3, -0.25) is 0 Å². The van der Waals surface area contributed by atoms with Gasteiger partial charge in [0.15, 0.2) is 0 Å². The maximum atomic E-state index is 12.4. The topological polar surface area (TPSA) is 35.2 Å². The molecular formula is C15H17ClFNO. The first-order valence-corrected chi connectivity index (χ1v) is 5.88. The van der Waals surface area contributed by atoms with Crippen molar-refractivity contribution in [3.8, 4) is 5.75 Å². The van der Waals surface area contributed by atoms with Crippen LogP contribution in [0, 0.1) is 0 Å². The zero-order chi connectivity index (χ0) is 12.8. The Kier molecular flexibility index (Phi) is 6.33. The van der Waals surface area contributed by atoms with Gasteiger partial charge in [-0.2, -0.15) is 0 Å². The number of benzene rings is 2. The lowest BCUT2D eigenvalue weighted by atomic mass is 10.1. The molecule has 2 nitrogen and oxygen atoms in total. The van der Waals surface area contributed by atoms with Gasteiger partial charge < -0.3 is 10.5 Å². The zero-order valence-electron chi connectivity index (χ0n) is 10.5. The van der Waals surface area contributed by atoms with E-state index in [0.717, 1.165) is 16.9 Å². The highest BCUT2D eigenvalue weighted by Gasteiger charge is 2.04. The number of hydrogen-bond acceptors (Lipinski definition) is 2. The third kappa shape index (κ3) is 4.54. The van der Waals surface area contributed by atoms with Crippen molar-refractivity contribution in [1.29, 1.82) is 0 Å². The van der Waals surface area contributed by atoms with Gasteiger partial charge in [-0.15, -0.1) is 12.4 Å². The second-order valence-electron chi connectivity index (χ2n) is 4.10. The Bertz CT molecular complexity index is 475. The molecular weight excluding hydrogens is 265 g/mol. The Morgan fingerprint density at radius 1 is 1.00 bits per heavy atom. The first-order chi connectivity index (χ1) is 8.79. The van der Waals surface area contributed by atoms with Gasteiger partial charge in [0.2, 0.25) is 0 Å². The van der Waals surface area contributed by atoms with E-state index in [1.54, 1.807) is 12.1 Å². The smallest absolute Gasteiger partial charge is 0.119 e. The summed E-state index contributed by atoms with van der Waals surface area (Å²) in [7, 11) is 0. The fourth-order valence-corrected chi connectivity index (χ4v) is 1.64. The molecule has 0 saturated carbocycles. The summed E-state index contributed by atoms with van der Waals surface area (Å²) in [5.41, 5.74) is 7.49. The SMILES string of the molecule is Cl.N[C@H](CF)c1ccc(OCc2ccccc2)cc1. The first-order valence-electron chi connectivity index (χ1n) is 5.88. The number of halogens is 2. The van der Waals surface area contributed by atoms with Gasteiger partial charge in [0.05, 0.1) is 6.04 Å². The average molecular weight is 282 g/mol. The van der Waals surface area contributed by atoms with Gasteiger partial charge in [0, 0.05) is 0 Å². The van der Waals surface area contributed by atoms with Gasteiger partial charge in [0.1, 0.15) is 19.0 Å². The molecule has 0 heterocycles. The molecule has 102 valence electrons. The molecule has 0 radical (unpaired) electrons. The van der Waals surface area contributed by atoms with Crippen LogP contribution in [0.15, 0.2) is 54.6 Å². The lowest BCUT2D eigenvalue weighted by Gasteiger charge is -2.09. The maximum absolute atomic E-state index is 12.4. The van der Waals surface area contributed by atoms with E-state index in [0.29, 0.717) is 6.61 Å². The van der Waals surface area contributed by atoms with Crippen LogP contribution in [-0.4, -0.2) is 6.67 Å². The van der Waals surface area contributed by atoms with Gasteiger partial charge in [-0.25, -0.2) is 4.39 Å². The molecule has 0 aliphatic heterocycles. The summed E-state index contributed by atoms with van der Waals surface area (Å²) in [6.45, 7) is -0.0282. The van der Waals surface area contributed by atoms with Crippen molar-refractivity contribution in [3.05, 3.63) is 65.7 Å².